The SMILES string of the molecule is NNC(=O)C1(C(=O)NN)CC2C=CC1C2. The predicted octanol–water partition coefficient (Wildman–Crippen LogP) is -1.45. The molecule has 1 saturated carbocycles. The first kappa shape index (κ1) is 10.1. The molecule has 2 amide bonds. The second-order valence-electron chi connectivity index (χ2n) is 4.11. The summed E-state index contributed by atoms with van der Waals surface area (Å²) in [6.07, 6.45) is 5.25. The van der Waals surface area contributed by atoms with Gasteiger partial charge in [-0.25, -0.2) is 11.7 Å². The zero-order chi connectivity index (χ0) is 11.1. The molecule has 82 valence electrons. The molecule has 2 aliphatic carbocycles. The average Bonchev–Trinajstić information content (AvgIpc) is 2.86. The van der Waals surface area contributed by atoms with Crippen molar-refractivity contribution in [3.05, 3.63) is 12.2 Å². The second kappa shape index (κ2) is 3.32. The fourth-order valence-electron chi connectivity index (χ4n) is 2.74. The van der Waals surface area contributed by atoms with Crippen LogP contribution in [0.25, 0.3) is 0 Å². The van der Waals surface area contributed by atoms with Crippen molar-refractivity contribution in [2.75, 3.05) is 0 Å². The summed E-state index contributed by atoms with van der Waals surface area (Å²) in [5.41, 5.74) is 3.01. The number of carbonyl (C=O) groups excluding carboxylic acids is 2. The van der Waals surface area contributed by atoms with E-state index >= 15 is 0 Å². The molecular weight excluding hydrogens is 196 g/mol. The highest BCUT2D eigenvalue weighted by molar-refractivity contribution is 6.05. The number of nitrogens with one attached hydrogen (secondary N) is 2. The van der Waals surface area contributed by atoms with Crippen LogP contribution in [0.1, 0.15) is 12.8 Å². The Morgan fingerprint density at radius 2 is 1.80 bits per heavy atom. The highest BCUT2D eigenvalue weighted by Gasteiger charge is 2.58. The van der Waals surface area contributed by atoms with Crippen molar-refractivity contribution in [1.29, 1.82) is 0 Å². The Balaban J connectivity index is 2.37. The van der Waals surface area contributed by atoms with Gasteiger partial charge in [-0.2, -0.15) is 0 Å². The summed E-state index contributed by atoms with van der Waals surface area (Å²) in [5, 5.41) is 0. The van der Waals surface area contributed by atoms with Gasteiger partial charge in [-0.05, 0) is 18.8 Å². The third-order valence-electron chi connectivity index (χ3n) is 3.46. The molecule has 6 nitrogen and oxygen atoms in total. The maximum atomic E-state index is 11.7. The third kappa shape index (κ3) is 1.18. The van der Waals surface area contributed by atoms with Crippen molar-refractivity contribution in [2.24, 2.45) is 28.9 Å². The van der Waals surface area contributed by atoms with Crippen molar-refractivity contribution in [2.45, 2.75) is 12.8 Å². The van der Waals surface area contributed by atoms with Gasteiger partial charge in [-0.1, -0.05) is 12.2 Å². The molecule has 0 saturated heterocycles. The third-order valence-corrected chi connectivity index (χ3v) is 3.46. The number of hydrogen-bond donors (Lipinski definition) is 4. The van der Waals surface area contributed by atoms with Gasteiger partial charge in [0.15, 0.2) is 0 Å². The van der Waals surface area contributed by atoms with Gasteiger partial charge >= 0.3 is 0 Å². The minimum atomic E-state index is -1.11. The molecule has 0 aliphatic heterocycles. The number of hydrazine groups is 2. The minimum Gasteiger partial charge on any atom is -0.293 e. The quantitative estimate of drug-likeness (QED) is 0.147. The molecule has 2 unspecified atom stereocenters. The maximum absolute atomic E-state index is 11.7. The molecule has 0 aromatic rings. The summed E-state index contributed by atoms with van der Waals surface area (Å²) in [7, 11) is 0. The second-order valence-corrected chi connectivity index (χ2v) is 4.11. The van der Waals surface area contributed by atoms with Crippen molar-refractivity contribution < 1.29 is 9.59 Å². The molecule has 6 heteroatoms. The Hall–Kier alpha value is -1.40. The van der Waals surface area contributed by atoms with Crippen LogP contribution in [0.2, 0.25) is 0 Å². The standard InChI is InChI=1S/C9H14N4O2/c10-12-7(14)9(8(15)13-11)4-5-1-2-6(9)3-5/h1-2,5-6H,3-4,10-11H2,(H,12,14)(H,13,15). The van der Waals surface area contributed by atoms with E-state index in [4.69, 9.17) is 11.7 Å². The van der Waals surface area contributed by atoms with Crippen LogP contribution in [0, 0.1) is 17.3 Å². The van der Waals surface area contributed by atoms with Gasteiger partial charge in [0.25, 0.3) is 0 Å². The normalized spacial score (nSPS) is 30.3. The van der Waals surface area contributed by atoms with Crippen LogP contribution >= 0.6 is 0 Å². The monoisotopic (exact) mass is 210 g/mol. The molecule has 2 aliphatic rings. The Morgan fingerprint density at radius 3 is 2.13 bits per heavy atom. The molecule has 6 N–H and O–H groups in total. The number of carbonyl (C=O) groups is 2. The summed E-state index contributed by atoms with van der Waals surface area (Å²) in [5.74, 6) is 9.52. The van der Waals surface area contributed by atoms with E-state index in [1.54, 1.807) is 0 Å². The number of nitrogens with two attached hydrogens (primary N) is 2. The van der Waals surface area contributed by atoms with Gasteiger partial charge in [-0.3, -0.25) is 20.4 Å². The van der Waals surface area contributed by atoms with Crippen molar-refractivity contribution in [3.63, 3.8) is 0 Å². The van der Waals surface area contributed by atoms with Crippen molar-refractivity contribution in [1.82, 2.24) is 10.9 Å². The van der Waals surface area contributed by atoms with Crippen LogP contribution in [0.5, 0.6) is 0 Å². The van der Waals surface area contributed by atoms with E-state index in [2.05, 4.69) is 10.9 Å². The predicted molar refractivity (Wildman–Crippen MR) is 52.4 cm³/mol. The van der Waals surface area contributed by atoms with E-state index in [0.717, 1.165) is 6.42 Å². The summed E-state index contributed by atoms with van der Waals surface area (Å²) >= 11 is 0. The van der Waals surface area contributed by atoms with Crippen LogP contribution in [0.3, 0.4) is 0 Å². The largest absolute Gasteiger partial charge is 0.293 e. The lowest BCUT2D eigenvalue weighted by Crippen LogP contribution is -2.56. The molecule has 2 bridgehead atoms. The summed E-state index contributed by atoms with van der Waals surface area (Å²) in [4.78, 5) is 23.5. The first-order valence-electron chi connectivity index (χ1n) is 4.85. The molecule has 2 rings (SSSR count). The number of fused-ring (bicyclic) bond motifs is 2. The lowest BCUT2D eigenvalue weighted by Gasteiger charge is -2.30. The Bertz CT molecular complexity index is 323. The highest BCUT2D eigenvalue weighted by Crippen LogP contribution is 2.52. The summed E-state index contributed by atoms with van der Waals surface area (Å²) in [6, 6.07) is 0. The molecule has 0 spiro atoms. The highest BCUT2D eigenvalue weighted by atomic mass is 16.2. The summed E-state index contributed by atoms with van der Waals surface area (Å²) in [6.45, 7) is 0. The van der Waals surface area contributed by atoms with E-state index in [9.17, 15) is 9.59 Å². The Morgan fingerprint density at radius 1 is 1.20 bits per heavy atom. The van der Waals surface area contributed by atoms with Crippen molar-refractivity contribution in [3.8, 4) is 0 Å². The molecule has 1 fully saturated rings. The zero-order valence-corrected chi connectivity index (χ0v) is 8.19. The van der Waals surface area contributed by atoms with Crippen LogP contribution in [0.15, 0.2) is 12.2 Å². The Kier molecular flexibility index (Phi) is 2.24. The maximum Gasteiger partial charge on any atom is 0.250 e. The van der Waals surface area contributed by atoms with E-state index in [0.29, 0.717) is 6.42 Å². The average molecular weight is 210 g/mol. The summed E-state index contributed by atoms with van der Waals surface area (Å²) < 4.78 is 0. The molecule has 0 radical (unpaired) electrons. The number of hydrogen-bond acceptors (Lipinski definition) is 4. The fourth-order valence-corrected chi connectivity index (χ4v) is 2.74. The number of allylic oxidation sites excluding steroid dienone is 2. The van der Waals surface area contributed by atoms with Gasteiger partial charge in [0.1, 0.15) is 5.41 Å². The van der Waals surface area contributed by atoms with Crippen molar-refractivity contribution >= 4 is 11.8 Å². The molecule has 15 heavy (non-hydrogen) atoms. The van der Waals surface area contributed by atoms with Gasteiger partial charge in [-0.15, -0.1) is 0 Å². The first-order chi connectivity index (χ1) is 7.15. The van der Waals surface area contributed by atoms with E-state index < -0.39 is 17.2 Å². The molecule has 0 heterocycles. The van der Waals surface area contributed by atoms with E-state index in [1.807, 2.05) is 12.2 Å². The van der Waals surface area contributed by atoms with Crippen LogP contribution in [-0.2, 0) is 9.59 Å². The first-order valence-corrected chi connectivity index (χ1v) is 4.85. The van der Waals surface area contributed by atoms with Gasteiger partial charge < -0.3 is 0 Å². The zero-order valence-electron chi connectivity index (χ0n) is 8.19. The molecule has 0 aromatic carbocycles. The molecule has 0 aromatic heterocycles. The number of amides is 2. The minimum absolute atomic E-state index is 0.0883. The Labute approximate surface area is 87.0 Å². The fraction of sp³-hybridized carbons (Fsp3) is 0.556. The van der Waals surface area contributed by atoms with Gasteiger partial charge in [0, 0.05) is 5.92 Å². The van der Waals surface area contributed by atoms with Crippen LogP contribution in [0.4, 0.5) is 0 Å². The number of rotatable bonds is 2. The topological polar surface area (TPSA) is 110 Å². The molecule has 2 atom stereocenters. The van der Waals surface area contributed by atoms with Gasteiger partial charge in [0.05, 0.1) is 0 Å². The van der Waals surface area contributed by atoms with Crippen LogP contribution < -0.4 is 22.5 Å². The van der Waals surface area contributed by atoms with E-state index in [1.165, 1.54) is 0 Å². The lowest BCUT2D eigenvalue weighted by molar-refractivity contribution is -0.145. The van der Waals surface area contributed by atoms with Crippen LogP contribution in [-0.4, -0.2) is 11.8 Å². The smallest absolute Gasteiger partial charge is 0.250 e. The van der Waals surface area contributed by atoms with Gasteiger partial charge in [0.2, 0.25) is 11.8 Å². The van der Waals surface area contributed by atoms with E-state index in [-0.39, 0.29) is 11.8 Å². The molecular formula is C9H14N4O2. The lowest BCUT2D eigenvalue weighted by atomic mass is 9.74.